The first-order valence-corrected chi connectivity index (χ1v) is 10.7. The molecule has 0 saturated carbocycles. The van der Waals surface area contributed by atoms with Gasteiger partial charge in [-0.2, -0.15) is 0 Å². The molecule has 0 saturated heterocycles. The molecule has 1 N–H and O–H groups in total. The average Bonchev–Trinajstić information content (AvgIpc) is 3.20. The fourth-order valence-corrected chi connectivity index (χ4v) is 3.86. The highest BCUT2D eigenvalue weighted by Crippen LogP contribution is 2.35. The van der Waals surface area contributed by atoms with E-state index in [2.05, 4.69) is 26.2 Å². The van der Waals surface area contributed by atoms with Crippen molar-refractivity contribution in [3.63, 3.8) is 0 Å². The summed E-state index contributed by atoms with van der Waals surface area (Å²) in [7, 11) is 0. The molecule has 8 heteroatoms. The van der Waals surface area contributed by atoms with Crippen LogP contribution in [0.3, 0.4) is 0 Å². The molecular weight excluding hydrogens is 456 g/mol. The summed E-state index contributed by atoms with van der Waals surface area (Å²) in [5.41, 5.74) is 2.22. The van der Waals surface area contributed by atoms with E-state index in [0.717, 1.165) is 21.5 Å². The smallest absolute Gasteiger partial charge is 0.226 e. The highest BCUT2D eigenvalue weighted by Gasteiger charge is 2.15. The number of amides is 1. The van der Waals surface area contributed by atoms with Gasteiger partial charge in [-0.3, -0.25) is 9.59 Å². The molecule has 29 heavy (non-hydrogen) atoms. The molecule has 2 aromatic carbocycles. The maximum Gasteiger partial charge on any atom is 0.226 e. The fourth-order valence-electron chi connectivity index (χ4n) is 2.86. The number of anilines is 1. The summed E-state index contributed by atoms with van der Waals surface area (Å²) < 4.78 is 12.0. The quantitative estimate of drug-likeness (QED) is 0.513. The highest BCUT2D eigenvalue weighted by atomic mass is 79.9. The van der Waals surface area contributed by atoms with E-state index in [0.29, 0.717) is 29.7 Å². The van der Waals surface area contributed by atoms with Crippen molar-refractivity contribution in [2.45, 2.75) is 12.8 Å². The molecule has 2 heterocycles. The molecular formula is C21H17BrN2O4S. The molecule has 0 spiro atoms. The Morgan fingerprint density at radius 1 is 1.03 bits per heavy atom. The summed E-state index contributed by atoms with van der Waals surface area (Å²) in [6.07, 6.45) is 0.252. The number of ketones is 1. The maximum absolute atomic E-state index is 12.2. The third-order valence-corrected chi connectivity index (χ3v) is 5.62. The molecule has 0 radical (unpaired) electrons. The third kappa shape index (κ3) is 4.83. The lowest BCUT2D eigenvalue weighted by atomic mass is 10.1. The van der Waals surface area contributed by atoms with E-state index in [4.69, 9.17) is 9.47 Å². The predicted octanol–water partition coefficient (Wildman–Crippen LogP) is 4.95. The lowest BCUT2D eigenvalue weighted by Gasteiger charge is -2.18. The molecule has 1 aliphatic rings. The van der Waals surface area contributed by atoms with Crippen molar-refractivity contribution in [1.29, 1.82) is 0 Å². The first-order chi connectivity index (χ1) is 14.1. The monoisotopic (exact) mass is 472 g/mol. The second-order valence-electron chi connectivity index (χ2n) is 6.37. The van der Waals surface area contributed by atoms with Crippen LogP contribution >= 0.6 is 27.3 Å². The van der Waals surface area contributed by atoms with E-state index in [9.17, 15) is 9.59 Å². The molecule has 3 aromatic rings. The topological polar surface area (TPSA) is 77.5 Å². The molecule has 0 unspecified atom stereocenters. The van der Waals surface area contributed by atoms with E-state index in [1.165, 1.54) is 11.3 Å². The standard InChI is InChI=1S/C21H17BrN2O4S/c22-15-4-1-13(2-5-15)17(25)6-8-20(26)24-21-23-16(12-29-21)14-3-7-18-19(11-14)28-10-9-27-18/h1-5,7,11-12H,6,8-10H2,(H,23,24,26). The number of benzene rings is 2. The minimum atomic E-state index is -0.237. The van der Waals surface area contributed by atoms with Crippen LogP contribution in [0.5, 0.6) is 11.5 Å². The maximum atomic E-state index is 12.2. The van der Waals surface area contributed by atoms with Crippen LogP contribution in [-0.4, -0.2) is 29.9 Å². The van der Waals surface area contributed by atoms with Gasteiger partial charge in [-0.25, -0.2) is 4.98 Å². The summed E-state index contributed by atoms with van der Waals surface area (Å²) in [5.74, 6) is 1.11. The van der Waals surface area contributed by atoms with E-state index in [1.54, 1.807) is 12.1 Å². The Morgan fingerprint density at radius 3 is 2.59 bits per heavy atom. The molecule has 6 nitrogen and oxygen atoms in total. The number of carbonyl (C=O) groups excluding carboxylic acids is 2. The molecule has 1 aromatic heterocycles. The van der Waals surface area contributed by atoms with Crippen LogP contribution in [0.4, 0.5) is 5.13 Å². The number of hydrogen-bond acceptors (Lipinski definition) is 6. The summed E-state index contributed by atoms with van der Waals surface area (Å²) in [4.78, 5) is 28.9. The van der Waals surface area contributed by atoms with Gasteiger partial charge in [-0.15, -0.1) is 11.3 Å². The van der Waals surface area contributed by atoms with Crippen LogP contribution in [0.2, 0.25) is 0 Å². The van der Waals surface area contributed by atoms with E-state index >= 15 is 0 Å². The second-order valence-corrected chi connectivity index (χ2v) is 8.15. The number of halogens is 1. The molecule has 148 valence electrons. The predicted molar refractivity (Wildman–Crippen MR) is 115 cm³/mol. The minimum absolute atomic E-state index is 0.0660. The molecule has 0 aliphatic carbocycles. The van der Waals surface area contributed by atoms with Crippen LogP contribution in [0, 0.1) is 0 Å². The Balaban J connectivity index is 1.34. The summed E-state index contributed by atoms with van der Waals surface area (Å²) in [6, 6.07) is 12.7. The number of aromatic nitrogens is 1. The van der Waals surface area contributed by atoms with E-state index in [-0.39, 0.29) is 24.5 Å². The van der Waals surface area contributed by atoms with Crippen LogP contribution in [-0.2, 0) is 4.79 Å². The number of rotatable bonds is 6. The normalized spacial score (nSPS) is 12.4. The van der Waals surface area contributed by atoms with Gasteiger partial charge in [0.15, 0.2) is 22.4 Å². The van der Waals surface area contributed by atoms with Crippen molar-refractivity contribution in [2.75, 3.05) is 18.5 Å². The van der Waals surface area contributed by atoms with Gasteiger partial charge in [0.2, 0.25) is 5.91 Å². The number of hydrogen-bond donors (Lipinski definition) is 1. The van der Waals surface area contributed by atoms with Gasteiger partial charge < -0.3 is 14.8 Å². The van der Waals surface area contributed by atoms with Crippen molar-refractivity contribution < 1.29 is 19.1 Å². The zero-order chi connectivity index (χ0) is 20.2. The Kier molecular flexibility index (Phi) is 5.92. The summed E-state index contributed by atoms with van der Waals surface area (Å²) in [6.45, 7) is 1.07. The zero-order valence-corrected chi connectivity index (χ0v) is 17.7. The number of fused-ring (bicyclic) bond motifs is 1. The van der Waals surface area contributed by atoms with Gasteiger partial charge in [-0.05, 0) is 30.3 Å². The first kappa shape index (κ1) is 19.6. The molecule has 1 amide bonds. The van der Waals surface area contributed by atoms with Gasteiger partial charge in [0.05, 0.1) is 5.69 Å². The number of nitrogens with zero attached hydrogens (tertiary/aromatic N) is 1. The van der Waals surface area contributed by atoms with E-state index < -0.39 is 0 Å². The van der Waals surface area contributed by atoms with Crippen molar-refractivity contribution in [3.8, 4) is 22.8 Å². The largest absolute Gasteiger partial charge is 0.486 e. The second kappa shape index (κ2) is 8.75. The number of ether oxygens (including phenoxy) is 2. The van der Waals surface area contributed by atoms with Gasteiger partial charge in [0.25, 0.3) is 0 Å². The van der Waals surface area contributed by atoms with Crippen LogP contribution in [0.15, 0.2) is 52.3 Å². The molecule has 0 atom stereocenters. The molecule has 1 aliphatic heterocycles. The minimum Gasteiger partial charge on any atom is -0.486 e. The van der Waals surface area contributed by atoms with Crippen LogP contribution in [0.25, 0.3) is 11.3 Å². The lowest BCUT2D eigenvalue weighted by Crippen LogP contribution is -2.15. The number of carbonyl (C=O) groups is 2. The van der Waals surface area contributed by atoms with E-state index in [1.807, 2.05) is 35.7 Å². The van der Waals surface area contributed by atoms with Crippen LogP contribution in [0.1, 0.15) is 23.2 Å². The number of thiazole rings is 1. The fraction of sp³-hybridized carbons (Fsp3) is 0.190. The number of Topliss-reactive ketones (excluding diaryl/α,β-unsaturated/α-hetero) is 1. The van der Waals surface area contributed by atoms with Crippen molar-refractivity contribution in [3.05, 3.63) is 57.9 Å². The SMILES string of the molecule is O=C(CCC(=O)c1ccc(Br)cc1)Nc1nc(-c2ccc3c(c2)OCCO3)cs1. The molecule has 4 rings (SSSR count). The first-order valence-electron chi connectivity index (χ1n) is 9.03. The molecule has 0 bridgehead atoms. The van der Waals surface area contributed by atoms with Crippen LogP contribution < -0.4 is 14.8 Å². The van der Waals surface area contributed by atoms with Gasteiger partial charge in [-0.1, -0.05) is 28.1 Å². The third-order valence-electron chi connectivity index (χ3n) is 4.33. The Morgan fingerprint density at radius 2 is 1.79 bits per heavy atom. The summed E-state index contributed by atoms with van der Waals surface area (Å²) in [5, 5.41) is 5.13. The highest BCUT2D eigenvalue weighted by molar-refractivity contribution is 9.10. The molecule has 0 fully saturated rings. The summed E-state index contributed by atoms with van der Waals surface area (Å²) >= 11 is 4.67. The Labute approximate surface area is 180 Å². The average molecular weight is 473 g/mol. The Hall–Kier alpha value is -2.71. The van der Waals surface area contributed by atoms with Crippen molar-refractivity contribution in [2.24, 2.45) is 0 Å². The van der Waals surface area contributed by atoms with Gasteiger partial charge >= 0.3 is 0 Å². The zero-order valence-electron chi connectivity index (χ0n) is 15.3. The number of nitrogens with one attached hydrogen (secondary N) is 1. The van der Waals surface area contributed by atoms with Gasteiger partial charge in [0, 0.05) is 33.8 Å². The Bertz CT molecular complexity index is 1050. The van der Waals surface area contributed by atoms with Crippen molar-refractivity contribution >= 4 is 44.1 Å². The van der Waals surface area contributed by atoms with Crippen molar-refractivity contribution in [1.82, 2.24) is 4.98 Å². The lowest BCUT2D eigenvalue weighted by molar-refractivity contribution is -0.116. The van der Waals surface area contributed by atoms with Gasteiger partial charge in [0.1, 0.15) is 13.2 Å².